The van der Waals surface area contributed by atoms with Gasteiger partial charge in [-0.15, -0.1) is 0 Å². The van der Waals surface area contributed by atoms with Crippen LogP contribution < -0.4 is 5.73 Å². The zero-order valence-corrected chi connectivity index (χ0v) is 15.8. The molecule has 0 radical (unpaired) electrons. The third-order valence-electron chi connectivity index (χ3n) is 4.03. The Hall–Kier alpha value is -1.72. The lowest BCUT2D eigenvalue weighted by Crippen LogP contribution is -2.51. The first-order chi connectivity index (χ1) is 11.4. The third kappa shape index (κ3) is 4.65. The highest BCUT2D eigenvalue weighted by Crippen LogP contribution is 2.23. The summed E-state index contributed by atoms with van der Waals surface area (Å²) in [5, 5.41) is 0. The fourth-order valence-corrected chi connectivity index (χ4v) is 2.89. The molecule has 0 fully saturated rings. The smallest absolute Gasteiger partial charge is 0.246 e. The van der Waals surface area contributed by atoms with Crippen LogP contribution in [0.5, 0.6) is 0 Å². The van der Waals surface area contributed by atoms with Crippen LogP contribution in [-0.4, -0.2) is 28.9 Å². The number of nitrogens with zero attached hydrogens (tertiary/aromatic N) is 2. The number of benzene rings is 1. The number of pyridine rings is 1. The Kier molecular flexibility index (Phi) is 6.52. The molecule has 2 aromatic rings. The van der Waals surface area contributed by atoms with Gasteiger partial charge >= 0.3 is 0 Å². The molecule has 0 saturated carbocycles. The van der Waals surface area contributed by atoms with E-state index in [0.717, 1.165) is 28.6 Å². The Morgan fingerprint density at radius 1 is 1.21 bits per heavy atom. The number of aromatic nitrogens is 1. The van der Waals surface area contributed by atoms with Crippen LogP contribution in [0.25, 0.3) is 0 Å². The van der Waals surface area contributed by atoms with E-state index < -0.39 is 5.54 Å². The summed E-state index contributed by atoms with van der Waals surface area (Å²) in [6, 6.07) is 13.4. The van der Waals surface area contributed by atoms with E-state index in [1.807, 2.05) is 47.4 Å². The number of hydrogen-bond donors (Lipinski definition) is 1. The highest BCUT2D eigenvalue weighted by Gasteiger charge is 2.34. The zero-order chi connectivity index (χ0) is 17.6. The molecule has 5 heteroatoms. The summed E-state index contributed by atoms with van der Waals surface area (Å²) in [6.07, 6.45) is 3.39. The van der Waals surface area contributed by atoms with Crippen LogP contribution in [0.3, 0.4) is 0 Å². The van der Waals surface area contributed by atoms with E-state index in [1.54, 1.807) is 13.1 Å². The van der Waals surface area contributed by atoms with Crippen LogP contribution >= 0.6 is 15.9 Å². The van der Waals surface area contributed by atoms with Gasteiger partial charge in [0.05, 0.1) is 0 Å². The van der Waals surface area contributed by atoms with Gasteiger partial charge in [-0.25, -0.2) is 0 Å². The largest absolute Gasteiger partial charge is 0.340 e. The summed E-state index contributed by atoms with van der Waals surface area (Å²) in [7, 11) is 0. The van der Waals surface area contributed by atoms with E-state index in [1.165, 1.54) is 0 Å². The molecule has 1 atom stereocenters. The zero-order valence-electron chi connectivity index (χ0n) is 14.2. The number of rotatable bonds is 7. The summed E-state index contributed by atoms with van der Waals surface area (Å²) in [4.78, 5) is 19.2. The van der Waals surface area contributed by atoms with Crippen molar-refractivity contribution in [2.45, 2.75) is 32.2 Å². The van der Waals surface area contributed by atoms with Crippen molar-refractivity contribution in [3.63, 3.8) is 0 Å². The van der Waals surface area contributed by atoms with E-state index in [0.29, 0.717) is 13.1 Å². The first-order valence-electron chi connectivity index (χ1n) is 8.19. The predicted molar refractivity (Wildman–Crippen MR) is 100 cm³/mol. The highest BCUT2D eigenvalue weighted by molar-refractivity contribution is 9.10. The van der Waals surface area contributed by atoms with Gasteiger partial charge < -0.3 is 10.6 Å². The number of amides is 1. The summed E-state index contributed by atoms with van der Waals surface area (Å²) in [5.74, 6) is -0.0531. The van der Waals surface area contributed by atoms with E-state index >= 15 is 0 Å². The van der Waals surface area contributed by atoms with E-state index in [-0.39, 0.29) is 5.91 Å². The van der Waals surface area contributed by atoms with Gasteiger partial charge in [0, 0.05) is 35.9 Å². The molecule has 1 unspecified atom stereocenters. The topological polar surface area (TPSA) is 59.2 Å². The SMILES string of the molecule is CCCN(CCc1ccccn1)C(=O)C(C)(N)c1ccc(Br)cc1. The lowest BCUT2D eigenvalue weighted by Gasteiger charge is -2.32. The van der Waals surface area contributed by atoms with Crippen molar-refractivity contribution in [3.8, 4) is 0 Å². The fourth-order valence-electron chi connectivity index (χ4n) is 2.63. The van der Waals surface area contributed by atoms with Gasteiger partial charge in [0.25, 0.3) is 0 Å². The Morgan fingerprint density at radius 3 is 2.50 bits per heavy atom. The summed E-state index contributed by atoms with van der Waals surface area (Å²) in [6.45, 7) is 5.15. The molecule has 0 bridgehead atoms. The van der Waals surface area contributed by atoms with Gasteiger partial charge in [-0.2, -0.15) is 0 Å². The molecule has 0 aliphatic heterocycles. The van der Waals surface area contributed by atoms with Gasteiger partial charge in [-0.1, -0.05) is 41.1 Å². The van der Waals surface area contributed by atoms with E-state index in [4.69, 9.17) is 5.73 Å². The molecular weight excluding hydrogens is 366 g/mol. The van der Waals surface area contributed by atoms with Crippen molar-refractivity contribution in [1.82, 2.24) is 9.88 Å². The second kappa shape index (κ2) is 8.40. The number of nitrogens with two attached hydrogens (primary N) is 1. The van der Waals surface area contributed by atoms with Crippen LogP contribution in [0.1, 0.15) is 31.5 Å². The quantitative estimate of drug-likeness (QED) is 0.787. The molecule has 1 heterocycles. The molecule has 0 aliphatic carbocycles. The third-order valence-corrected chi connectivity index (χ3v) is 4.56. The van der Waals surface area contributed by atoms with Crippen molar-refractivity contribution < 1.29 is 4.79 Å². The monoisotopic (exact) mass is 389 g/mol. The highest BCUT2D eigenvalue weighted by atomic mass is 79.9. The standard InChI is InChI=1S/C19H24BrN3O/c1-3-13-23(14-11-17-6-4-5-12-22-17)18(24)19(2,21)15-7-9-16(20)10-8-15/h4-10,12H,3,11,13-14,21H2,1-2H3. The first kappa shape index (κ1) is 18.6. The average molecular weight is 390 g/mol. The molecule has 1 aromatic carbocycles. The van der Waals surface area contributed by atoms with Gasteiger partial charge in [0.1, 0.15) is 5.54 Å². The van der Waals surface area contributed by atoms with Gasteiger partial charge in [0.2, 0.25) is 5.91 Å². The van der Waals surface area contributed by atoms with Crippen molar-refractivity contribution in [3.05, 3.63) is 64.4 Å². The molecule has 1 amide bonds. The Bertz CT molecular complexity index is 656. The maximum Gasteiger partial charge on any atom is 0.246 e. The fraction of sp³-hybridized carbons (Fsp3) is 0.368. The average Bonchev–Trinajstić information content (AvgIpc) is 2.59. The number of halogens is 1. The molecule has 0 spiro atoms. The Morgan fingerprint density at radius 2 is 1.92 bits per heavy atom. The molecule has 0 saturated heterocycles. The van der Waals surface area contributed by atoms with Crippen molar-refractivity contribution >= 4 is 21.8 Å². The number of carbonyl (C=O) groups excluding carboxylic acids is 1. The van der Waals surface area contributed by atoms with Gasteiger partial charge in [-0.05, 0) is 43.2 Å². The van der Waals surface area contributed by atoms with Crippen molar-refractivity contribution in [2.24, 2.45) is 5.73 Å². The summed E-state index contributed by atoms with van der Waals surface area (Å²) < 4.78 is 0.968. The molecule has 0 aliphatic rings. The van der Waals surface area contributed by atoms with Crippen LogP contribution in [-0.2, 0) is 16.8 Å². The van der Waals surface area contributed by atoms with Crippen molar-refractivity contribution in [2.75, 3.05) is 13.1 Å². The van der Waals surface area contributed by atoms with Gasteiger partial charge in [-0.3, -0.25) is 9.78 Å². The van der Waals surface area contributed by atoms with Gasteiger partial charge in [0.15, 0.2) is 0 Å². The molecule has 1 aromatic heterocycles. The second-order valence-electron chi connectivity index (χ2n) is 6.07. The molecular formula is C19H24BrN3O. The van der Waals surface area contributed by atoms with Crippen LogP contribution in [0.2, 0.25) is 0 Å². The minimum atomic E-state index is -1.04. The molecule has 2 rings (SSSR count). The lowest BCUT2D eigenvalue weighted by molar-refractivity contribution is -0.136. The summed E-state index contributed by atoms with van der Waals surface area (Å²) >= 11 is 3.41. The maximum absolute atomic E-state index is 13.0. The summed E-state index contributed by atoms with van der Waals surface area (Å²) in [5.41, 5.74) is 7.16. The lowest BCUT2D eigenvalue weighted by atomic mass is 9.91. The molecule has 2 N–H and O–H groups in total. The minimum absolute atomic E-state index is 0.0531. The number of hydrogen-bond acceptors (Lipinski definition) is 3. The van der Waals surface area contributed by atoms with Crippen LogP contribution in [0.15, 0.2) is 53.1 Å². The Balaban J connectivity index is 2.13. The predicted octanol–water partition coefficient (Wildman–Crippen LogP) is 3.50. The molecule has 24 heavy (non-hydrogen) atoms. The molecule has 128 valence electrons. The van der Waals surface area contributed by atoms with E-state index in [9.17, 15) is 4.79 Å². The van der Waals surface area contributed by atoms with Crippen LogP contribution in [0, 0.1) is 0 Å². The first-order valence-corrected chi connectivity index (χ1v) is 8.98. The Labute approximate surface area is 152 Å². The molecule has 4 nitrogen and oxygen atoms in total. The minimum Gasteiger partial charge on any atom is -0.340 e. The number of carbonyl (C=O) groups is 1. The maximum atomic E-state index is 13.0. The van der Waals surface area contributed by atoms with Crippen LogP contribution in [0.4, 0.5) is 0 Å². The van der Waals surface area contributed by atoms with Crippen molar-refractivity contribution in [1.29, 1.82) is 0 Å². The second-order valence-corrected chi connectivity index (χ2v) is 6.99. The van der Waals surface area contributed by atoms with E-state index in [2.05, 4.69) is 27.8 Å². The normalized spacial score (nSPS) is 13.3.